The van der Waals surface area contributed by atoms with Gasteiger partial charge in [-0.25, -0.2) is 4.39 Å². The highest BCUT2D eigenvalue weighted by Gasteiger charge is 2.41. The van der Waals surface area contributed by atoms with Gasteiger partial charge in [-0.2, -0.15) is 0 Å². The first kappa shape index (κ1) is 14.5. The molecule has 0 saturated carbocycles. The zero-order valence-corrected chi connectivity index (χ0v) is 12.7. The average molecular weight is 329 g/mol. The van der Waals surface area contributed by atoms with Crippen LogP contribution in [0.2, 0.25) is 0 Å². The smallest absolute Gasteiger partial charge is 0.227 e. The molecule has 1 fully saturated rings. The summed E-state index contributed by atoms with van der Waals surface area (Å²) in [4.78, 5) is 14.1. The Kier molecular flexibility index (Phi) is 3.97. The van der Waals surface area contributed by atoms with Crippen LogP contribution < -0.4 is 5.73 Å². The lowest BCUT2D eigenvalue weighted by Gasteiger charge is -2.34. The largest absolute Gasteiger partial charge is 0.336 e. The number of carbonyl (C=O) groups is 1. The summed E-state index contributed by atoms with van der Waals surface area (Å²) in [6.07, 6.45) is 0.862. The Morgan fingerprint density at radius 2 is 2.26 bits per heavy atom. The molecule has 1 aromatic rings. The van der Waals surface area contributed by atoms with Crippen molar-refractivity contribution in [1.29, 1.82) is 0 Å². The molecular formula is C14H18BrFN2O. The van der Waals surface area contributed by atoms with Crippen molar-refractivity contribution in [3.05, 3.63) is 34.1 Å². The molecule has 1 amide bonds. The summed E-state index contributed by atoms with van der Waals surface area (Å²) in [5.41, 5.74) is 6.06. The molecule has 19 heavy (non-hydrogen) atoms. The molecule has 1 atom stereocenters. The summed E-state index contributed by atoms with van der Waals surface area (Å²) in [6.45, 7) is 4.56. The lowest BCUT2D eigenvalue weighted by atomic mass is 9.96. The fourth-order valence-corrected chi connectivity index (χ4v) is 2.90. The predicted molar refractivity (Wildman–Crippen MR) is 76.2 cm³/mol. The van der Waals surface area contributed by atoms with Gasteiger partial charge in [0.15, 0.2) is 0 Å². The van der Waals surface area contributed by atoms with Crippen LogP contribution in [0.4, 0.5) is 4.39 Å². The van der Waals surface area contributed by atoms with Crippen molar-refractivity contribution in [2.75, 3.05) is 6.54 Å². The Balaban J connectivity index is 2.16. The van der Waals surface area contributed by atoms with E-state index in [1.165, 1.54) is 6.07 Å². The third kappa shape index (κ3) is 2.82. The first-order chi connectivity index (χ1) is 8.82. The van der Waals surface area contributed by atoms with Gasteiger partial charge in [-0.05, 0) is 44.0 Å². The van der Waals surface area contributed by atoms with Crippen molar-refractivity contribution in [1.82, 2.24) is 4.90 Å². The van der Waals surface area contributed by atoms with E-state index < -0.39 is 0 Å². The topological polar surface area (TPSA) is 46.3 Å². The molecule has 2 N–H and O–H groups in total. The van der Waals surface area contributed by atoms with Crippen LogP contribution in [-0.4, -0.2) is 28.9 Å². The number of hydrogen-bond donors (Lipinski definition) is 1. The molecule has 0 aromatic heterocycles. The highest BCUT2D eigenvalue weighted by molar-refractivity contribution is 9.10. The molecule has 0 spiro atoms. The maximum absolute atomic E-state index is 13.7. The van der Waals surface area contributed by atoms with E-state index in [1.54, 1.807) is 17.0 Å². The van der Waals surface area contributed by atoms with Crippen LogP contribution in [0.5, 0.6) is 0 Å². The van der Waals surface area contributed by atoms with Gasteiger partial charge in [0.05, 0.1) is 12.0 Å². The van der Waals surface area contributed by atoms with Crippen LogP contribution in [0.1, 0.15) is 25.8 Å². The van der Waals surface area contributed by atoms with Crippen molar-refractivity contribution >= 4 is 21.8 Å². The normalized spacial score (nSPS) is 21.7. The SMILES string of the molecule is CC1(C)C(N)CCN1C(=O)Cc1cc(Br)ccc1F. The Morgan fingerprint density at radius 1 is 1.58 bits per heavy atom. The number of nitrogens with two attached hydrogens (primary N) is 1. The minimum atomic E-state index is -0.362. The van der Waals surface area contributed by atoms with Crippen LogP contribution in [0.15, 0.2) is 22.7 Å². The zero-order valence-electron chi connectivity index (χ0n) is 11.1. The van der Waals surface area contributed by atoms with Crippen molar-refractivity contribution in [2.45, 2.75) is 38.3 Å². The third-order valence-corrected chi connectivity index (χ3v) is 4.41. The van der Waals surface area contributed by atoms with Gasteiger partial charge < -0.3 is 10.6 Å². The molecule has 2 rings (SSSR count). The zero-order chi connectivity index (χ0) is 14.2. The average Bonchev–Trinajstić information content (AvgIpc) is 2.59. The van der Waals surface area contributed by atoms with Crippen molar-refractivity contribution in [3.63, 3.8) is 0 Å². The monoisotopic (exact) mass is 328 g/mol. The number of halogens is 2. The van der Waals surface area contributed by atoms with Gasteiger partial charge in [-0.3, -0.25) is 4.79 Å². The van der Waals surface area contributed by atoms with Gasteiger partial charge in [-0.1, -0.05) is 15.9 Å². The van der Waals surface area contributed by atoms with E-state index in [0.717, 1.165) is 10.9 Å². The highest BCUT2D eigenvalue weighted by Crippen LogP contribution is 2.28. The molecule has 3 nitrogen and oxygen atoms in total. The van der Waals surface area contributed by atoms with Crippen LogP contribution in [0, 0.1) is 5.82 Å². The lowest BCUT2D eigenvalue weighted by Crippen LogP contribution is -2.51. The van der Waals surface area contributed by atoms with Gasteiger partial charge in [0.2, 0.25) is 5.91 Å². The molecule has 0 radical (unpaired) electrons. The number of hydrogen-bond acceptors (Lipinski definition) is 2. The number of likely N-dealkylation sites (tertiary alicyclic amines) is 1. The van der Waals surface area contributed by atoms with Gasteiger partial charge in [0, 0.05) is 17.1 Å². The molecule has 1 aliphatic heterocycles. The Labute approximate surface area is 121 Å². The number of nitrogens with zero attached hydrogens (tertiary/aromatic N) is 1. The molecular weight excluding hydrogens is 311 g/mol. The van der Waals surface area contributed by atoms with Crippen LogP contribution in [0.3, 0.4) is 0 Å². The second-order valence-corrected chi connectivity index (χ2v) is 6.42. The highest BCUT2D eigenvalue weighted by atomic mass is 79.9. The Bertz CT molecular complexity index is 504. The van der Waals surface area contributed by atoms with E-state index >= 15 is 0 Å². The molecule has 5 heteroatoms. The molecule has 1 saturated heterocycles. The Morgan fingerprint density at radius 3 is 2.84 bits per heavy atom. The minimum absolute atomic E-state index is 0.0243. The van der Waals surface area contributed by atoms with Gasteiger partial charge in [-0.15, -0.1) is 0 Å². The molecule has 0 bridgehead atoms. The van der Waals surface area contributed by atoms with Crippen LogP contribution in [-0.2, 0) is 11.2 Å². The number of amides is 1. The van der Waals surface area contributed by atoms with Crippen LogP contribution in [0.25, 0.3) is 0 Å². The van der Waals surface area contributed by atoms with Gasteiger partial charge in [0.25, 0.3) is 0 Å². The second-order valence-electron chi connectivity index (χ2n) is 5.51. The third-order valence-electron chi connectivity index (χ3n) is 3.92. The first-order valence-corrected chi connectivity index (χ1v) is 7.11. The van der Waals surface area contributed by atoms with E-state index in [1.807, 2.05) is 13.8 Å². The van der Waals surface area contributed by atoms with Gasteiger partial charge >= 0.3 is 0 Å². The first-order valence-electron chi connectivity index (χ1n) is 6.32. The molecule has 1 aliphatic rings. The molecule has 1 heterocycles. The summed E-state index contributed by atoms with van der Waals surface area (Å²) in [6, 6.07) is 4.62. The fraction of sp³-hybridized carbons (Fsp3) is 0.500. The summed E-state index contributed by atoms with van der Waals surface area (Å²) < 4.78 is 14.4. The minimum Gasteiger partial charge on any atom is -0.336 e. The van der Waals surface area contributed by atoms with E-state index in [2.05, 4.69) is 15.9 Å². The van der Waals surface area contributed by atoms with E-state index in [0.29, 0.717) is 12.1 Å². The van der Waals surface area contributed by atoms with Crippen molar-refractivity contribution < 1.29 is 9.18 Å². The number of benzene rings is 1. The number of rotatable bonds is 2. The number of carbonyl (C=O) groups excluding carboxylic acids is 1. The Hall–Kier alpha value is -0.940. The molecule has 0 aliphatic carbocycles. The molecule has 1 aromatic carbocycles. The van der Waals surface area contributed by atoms with E-state index in [-0.39, 0.29) is 29.7 Å². The quantitative estimate of drug-likeness (QED) is 0.906. The van der Waals surface area contributed by atoms with Crippen molar-refractivity contribution in [2.24, 2.45) is 5.73 Å². The molecule has 104 valence electrons. The fourth-order valence-electron chi connectivity index (χ4n) is 2.49. The van der Waals surface area contributed by atoms with Crippen molar-refractivity contribution in [3.8, 4) is 0 Å². The summed E-state index contributed by atoms with van der Waals surface area (Å²) >= 11 is 3.29. The van der Waals surface area contributed by atoms with Crippen LogP contribution >= 0.6 is 15.9 Å². The second kappa shape index (κ2) is 5.21. The lowest BCUT2D eigenvalue weighted by molar-refractivity contribution is -0.133. The summed E-state index contributed by atoms with van der Waals surface area (Å²) in [5, 5.41) is 0. The summed E-state index contributed by atoms with van der Waals surface area (Å²) in [7, 11) is 0. The van der Waals surface area contributed by atoms with Gasteiger partial charge in [0.1, 0.15) is 5.82 Å². The maximum atomic E-state index is 13.7. The standard InChI is InChI=1S/C14H18BrFN2O/c1-14(2)12(17)5-6-18(14)13(19)8-9-7-10(15)3-4-11(9)16/h3-4,7,12H,5-6,8,17H2,1-2H3. The van der Waals surface area contributed by atoms with E-state index in [4.69, 9.17) is 5.73 Å². The molecule has 1 unspecified atom stereocenters. The maximum Gasteiger partial charge on any atom is 0.227 e. The summed E-state index contributed by atoms with van der Waals surface area (Å²) in [5.74, 6) is -0.423. The predicted octanol–water partition coefficient (Wildman–Crippen LogP) is 2.47. The van der Waals surface area contributed by atoms with E-state index in [9.17, 15) is 9.18 Å².